The van der Waals surface area contributed by atoms with Crippen molar-refractivity contribution in [2.75, 3.05) is 0 Å². The summed E-state index contributed by atoms with van der Waals surface area (Å²) in [6, 6.07) is 89.3. The van der Waals surface area contributed by atoms with E-state index in [1.165, 1.54) is 21.9 Å². The molecule has 0 aliphatic rings. The summed E-state index contributed by atoms with van der Waals surface area (Å²) in [7, 11) is 0. The van der Waals surface area contributed by atoms with Crippen LogP contribution in [-0.2, 0) is 0 Å². The fraction of sp³-hybridized carbons (Fsp3) is 0. The Morgan fingerprint density at radius 3 is 1.49 bits per heavy atom. The van der Waals surface area contributed by atoms with Crippen molar-refractivity contribution in [3.63, 3.8) is 0 Å². The van der Waals surface area contributed by atoms with E-state index in [-0.39, 0.29) is 0 Å². The summed E-state index contributed by atoms with van der Waals surface area (Å²) in [5.41, 5.74) is 18.4. The molecule has 6 nitrogen and oxygen atoms in total. The second kappa shape index (κ2) is 17.3. The Balaban J connectivity index is 0.804. The van der Waals surface area contributed by atoms with Crippen molar-refractivity contribution in [2.24, 2.45) is 0 Å². The van der Waals surface area contributed by atoms with Gasteiger partial charge in [-0.1, -0.05) is 188 Å². The van der Waals surface area contributed by atoms with E-state index in [1.54, 1.807) is 0 Å². The molecule has 0 radical (unpaired) electrons. The first-order chi connectivity index (χ1) is 37.1. The third kappa shape index (κ3) is 7.22. The van der Waals surface area contributed by atoms with E-state index < -0.39 is 0 Å². The molecule has 4 heterocycles. The summed E-state index contributed by atoms with van der Waals surface area (Å²) in [5.74, 6) is 1.79. The zero-order chi connectivity index (χ0) is 49.4. The van der Waals surface area contributed by atoms with Crippen molar-refractivity contribution in [1.82, 2.24) is 19.5 Å². The molecule has 0 amide bonds. The van der Waals surface area contributed by atoms with Crippen LogP contribution in [0.1, 0.15) is 0 Å². The molecule has 0 unspecified atom stereocenters. The summed E-state index contributed by atoms with van der Waals surface area (Å²) >= 11 is 0. The normalized spacial score (nSPS) is 11.7. The number of aromatic nitrogens is 4. The van der Waals surface area contributed by atoms with Crippen LogP contribution >= 0.6 is 0 Å². The summed E-state index contributed by atoms with van der Waals surface area (Å²) < 4.78 is 15.7. The standard InChI is InChI=1S/C69H42N4O2/c1-4-15-43(16-5-1)45-29-31-47(32-30-45)68-70-67(46-19-8-3-9-20-46)71-69(72-68)55-24-13-27-62-65(55)54-36-33-52(42-64(54)75-62)49-22-12-21-48(39-49)51-35-38-61-57(41-51)66-60(26-14-28-63(66)74-61)73-58-25-11-10-23-53(58)56-40-50(34-37-59(56)73)44-17-6-2-7-18-44/h1-42H. The lowest BCUT2D eigenvalue weighted by molar-refractivity contribution is 0.668. The van der Waals surface area contributed by atoms with Gasteiger partial charge in [0.2, 0.25) is 0 Å². The van der Waals surface area contributed by atoms with Gasteiger partial charge in [-0.2, -0.15) is 0 Å². The van der Waals surface area contributed by atoms with E-state index in [1.807, 2.05) is 48.5 Å². The molecule has 0 saturated carbocycles. The Labute approximate surface area is 431 Å². The quantitative estimate of drug-likeness (QED) is 0.152. The number of fused-ring (bicyclic) bond motifs is 9. The molecule has 6 heteroatoms. The number of nitrogens with zero attached hydrogens (tertiary/aromatic N) is 4. The Bertz CT molecular complexity index is 4690. The lowest BCUT2D eigenvalue weighted by Gasteiger charge is -2.11. The highest BCUT2D eigenvalue weighted by Gasteiger charge is 2.21. The molecule has 0 bridgehead atoms. The second-order valence-corrected chi connectivity index (χ2v) is 19.1. The van der Waals surface area contributed by atoms with Crippen molar-refractivity contribution < 1.29 is 8.83 Å². The third-order valence-electron chi connectivity index (χ3n) is 14.7. The topological polar surface area (TPSA) is 69.9 Å². The lowest BCUT2D eigenvalue weighted by atomic mass is 9.97. The molecular formula is C69H42N4O2. The maximum atomic E-state index is 6.69. The van der Waals surface area contributed by atoms with Crippen LogP contribution in [0.25, 0.3) is 150 Å². The minimum atomic E-state index is 0.582. The fourth-order valence-electron chi connectivity index (χ4n) is 11.1. The van der Waals surface area contributed by atoms with Gasteiger partial charge < -0.3 is 13.4 Å². The summed E-state index contributed by atoms with van der Waals surface area (Å²) in [5, 5.41) is 6.52. The van der Waals surface area contributed by atoms with Crippen molar-refractivity contribution in [2.45, 2.75) is 0 Å². The van der Waals surface area contributed by atoms with E-state index in [9.17, 15) is 0 Å². The predicted octanol–water partition coefficient (Wildman–Crippen LogP) is 18.4. The van der Waals surface area contributed by atoms with Crippen LogP contribution < -0.4 is 0 Å². The molecule has 15 aromatic rings. The highest BCUT2D eigenvalue weighted by molar-refractivity contribution is 6.16. The minimum Gasteiger partial charge on any atom is -0.456 e. The van der Waals surface area contributed by atoms with Crippen LogP contribution in [0.15, 0.2) is 264 Å². The van der Waals surface area contributed by atoms with Crippen LogP contribution in [0.5, 0.6) is 0 Å². The predicted molar refractivity (Wildman–Crippen MR) is 307 cm³/mol. The van der Waals surface area contributed by atoms with E-state index in [2.05, 4.69) is 211 Å². The number of benzene rings is 11. The van der Waals surface area contributed by atoms with Crippen LogP contribution in [0.4, 0.5) is 0 Å². The van der Waals surface area contributed by atoms with Crippen molar-refractivity contribution in [1.29, 1.82) is 0 Å². The first kappa shape index (κ1) is 42.5. The zero-order valence-corrected chi connectivity index (χ0v) is 40.4. The van der Waals surface area contributed by atoms with Gasteiger partial charge in [0.25, 0.3) is 0 Å². The van der Waals surface area contributed by atoms with E-state index in [4.69, 9.17) is 23.8 Å². The highest BCUT2D eigenvalue weighted by atomic mass is 16.3. The lowest BCUT2D eigenvalue weighted by Crippen LogP contribution is -2.00. The van der Waals surface area contributed by atoms with Crippen molar-refractivity contribution >= 4 is 65.7 Å². The number of rotatable bonds is 8. The average Bonchev–Trinajstić information content (AvgIpc) is 4.22. The Morgan fingerprint density at radius 2 is 0.733 bits per heavy atom. The van der Waals surface area contributed by atoms with Gasteiger partial charge in [-0.15, -0.1) is 0 Å². The third-order valence-corrected chi connectivity index (χ3v) is 14.7. The molecule has 0 aliphatic heterocycles. The van der Waals surface area contributed by atoms with Gasteiger partial charge in [0.15, 0.2) is 17.5 Å². The molecule has 4 aromatic heterocycles. The maximum absolute atomic E-state index is 6.69. The van der Waals surface area contributed by atoms with Gasteiger partial charge in [-0.3, -0.25) is 0 Å². The molecule has 0 fully saturated rings. The highest BCUT2D eigenvalue weighted by Crippen LogP contribution is 2.43. The molecular weight excluding hydrogens is 917 g/mol. The molecule has 350 valence electrons. The Morgan fingerprint density at radius 1 is 0.253 bits per heavy atom. The van der Waals surface area contributed by atoms with Gasteiger partial charge in [0.05, 0.1) is 22.1 Å². The molecule has 0 spiro atoms. The van der Waals surface area contributed by atoms with Gasteiger partial charge in [0.1, 0.15) is 22.3 Å². The monoisotopic (exact) mass is 958 g/mol. The van der Waals surface area contributed by atoms with Crippen molar-refractivity contribution in [3.8, 4) is 84.4 Å². The maximum Gasteiger partial charge on any atom is 0.164 e. The SMILES string of the molecule is c1ccc(-c2ccc(-c3nc(-c4ccccc4)nc(-c4cccc5oc6cc(-c7cccc(-c8ccc9oc%10cccc(-n%11c%12ccccc%12c%12cc(-c%13ccccc%13)ccc%12%11)c%10c9c8)c7)ccc6c45)n3)cc2)cc1. The summed E-state index contributed by atoms with van der Waals surface area (Å²) in [6.07, 6.45) is 0. The van der Waals surface area contributed by atoms with E-state index >= 15 is 0 Å². The largest absolute Gasteiger partial charge is 0.456 e. The molecule has 75 heavy (non-hydrogen) atoms. The van der Waals surface area contributed by atoms with Crippen LogP contribution in [0.3, 0.4) is 0 Å². The second-order valence-electron chi connectivity index (χ2n) is 19.1. The summed E-state index contributed by atoms with van der Waals surface area (Å²) in [4.78, 5) is 15.3. The Kier molecular flexibility index (Phi) is 9.78. The minimum absolute atomic E-state index is 0.582. The van der Waals surface area contributed by atoms with Crippen molar-refractivity contribution in [3.05, 3.63) is 255 Å². The Hall–Kier alpha value is -10.2. The molecule has 15 rings (SSSR count). The molecule has 0 N–H and O–H groups in total. The molecule has 0 atom stereocenters. The molecule has 11 aromatic carbocycles. The number of hydrogen-bond acceptors (Lipinski definition) is 5. The van der Waals surface area contributed by atoms with Crippen LogP contribution in [0, 0.1) is 0 Å². The van der Waals surface area contributed by atoms with Gasteiger partial charge in [-0.25, -0.2) is 15.0 Å². The first-order valence-corrected chi connectivity index (χ1v) is 25.2. The number of furan rings is 2. The number of para-hydroxylation sites is 1. The van der Waals surface area contributed by atoms with E-state index in [0.717, 1.165) is 111 Å². The van der Waals surface area contributed by atoms with Gasteiger partial charge >= 0.3 is 0 Å². The fourth-order valence-corrected chi connectivity index (χ4v) is 11.1. The molecule has 0 aliphatic carbocycles. The smallest absolute Gasteiger partial charge is 0.164 e. The first-order valence-electron chi connectivity index (χ1n) is 25.2. The number of hydrogen-bond donors (Lipinski definition) is 0. The molecule has 0 saturated heterocycles. The average molecular weight is 959 g/mol. The van der Waals surface area contributed by atoms with E-state index in [0.29, 0.717) is 17.5 Å². The van der Waals surface area contributed by atoms with Gasteiger partial charge in [0, 0.05) is 43.6 Å². The van der Waals surface area contributed by atoms with Crippen LogP contribution in [0.2, 0.25) is 0 Å². The summed E-state index contributed by atoms with van der Waals surface area (Å²) in [6.45, 7) is 0. The van der Waals surface area contributed by atoms with Crippen LogP contribution in [-0.4, -0.2) is 19.5 Å². The zero-order valence-electron chi connectivity index (χ0n) is 40.4. The van der Waals surface area contributed by atoms with Gasteiger partial charge in [-0.05, 0) is 111 Å².